The fraction of sp³-hybridized carbons (Fsp3) is 0.684. The van der Waals surface area contributed by atoms with Gasteiger partial charge >= 0.3 is 0 Å². The summed E-state index contributed by atoms with van der Waals surface area (Å²) in [5.74, 6) is 0.0457. The topological polar surface area (TPSA) is 63.0 Å². The minimum Gasteiger partial charge on any atom is -0.472 e. The van der Waals surface area contributed by atoms with E-state index >= 15 is 0 Å². The van der Waals surface area contributed by atoms with Crippen LogP contribution < -0.4 is 0 Å². The van der Waals surface area contributed by atoms with Gasteiger partial charge in [0.15, 0.2) is 0 Å². The summed E-state index contributed by atoms with van der Waals surface area (Å²) in [5.41, 5.74) is 0.566. The van der Waals surface area contributed by atoms with Crippen LogP contribution in [0.15, 0.2) is 23.0 Å². The second-order valence-electron chi connectivity index (χ2n) is 6.92. The number of hydrogen-bond donors (Lipinski definition) is 0. The Morgan fingerprint density at radius 1 is 1.16 bits per heavy atom. The van der Waals surface area contributed by atoms with Crippen LogP contribution in [0.1, 0.15) is 55.8 Å². The lowest BCUT2D eigenvalue weighted by Gasteiger charge is -2.27. The van der Waals surface area contributed by atoms with Gasteiger partial charge in [0.25, 0.3) is 11.8 Å². The van der Waals surface area contributed by atoms with Gasteiger partial charge in [0.2, 0.25) is 0 Å². The standard InChI is InChI=1S/C19H28N2O4/c1-2-17(25-16-6-3-4-7-16)19(23)21-10-5-9-20(11-12-21)18(22)15-8-13-24-14-15/h8,13-14,16-17H,2-7,9-12H2,1H3/t17-/m1/s1. The first-order valence-corrected chi connectivity index (χ1v) is 9.44. The fourth-order valence-electron chi connectivity index (χ4n) is 3.70. The molecule has 1 aromatic rings. The molecule has 0 unspecified atom stereocenters. The summed E-state index contributed by atoms with van der Waals surface area (Å²) in [6, 6.07) is 1.68. The van der Waals surface area contributed by atoms with Gasteiger partial charge in [-0.1, -0.05) is 19.8 Å². The normalized spacial score (nSPS) is 20.5. The van der Waals surface area contributed by atoms with Gasteiger partial charge in [-0.25, -0.2) is 0 Å². The minimum atomic E-state index is -0.348. The molecular formula is C19H28N2O4. The summed E-state index contributed by atoms with van der Waals surface area (Å²) in [6.07, 6.45) is 8.88. The van der Waals surface area contributed by atoms with Crippen LogP contribution in [0.2, 0.25) is 0 Å². The van der Waals surface area contributed by atoms with Gasteiger partial charge in [-0.2, -0.15) is 0 Å². The van der Waals surface area contributed by atoms with Crippen molar-refractivity contribution in [2.24, 2.45) is 0 Å². The molecule has 1 atom stereocenters. The number of nitrogens with zero attached hydrogens (tertiary/aromatic N) is 2. The van der Waals surface area contributed by atoms with E-state index in [0.717, 1.165) is 19.3 Å². The Hall–Kier alpha value is -1.82. The SMILES string of the molecule is CC[C@@H](OC1CCCC1)C(=O)N1CCCN(C(=O)c2ccoc2)CC1. The van der Waals surface area contributed by atoms with Crippen molar-refractivity contribution in [3.8, 4) is 0 Å². The largest absolute Gasteiger partial charge is 0.472 e. The Morgan fingerprint density at radius 3 is 2.56 bits per heavy atom. The Bertz CT molecular complexity index is 566. The van der Waals surface area contributed by atoms with Crippen LogP contribution in [0.3, 0.4) is 0 Å². The summed E-state index contributed by atoms with van der Waals surface area (Å²) in [6.45, 7) is 4.46. The lowest BCUT2D eigenvalue weighted by Crippen LogP contribution is -2.43. The third kappa shape index (κ3) is 4.42. The van der Waals surface area contributed by atoms with Crippen LogP contribution >= 0.6 is 0 Å². The van der Waals surface area contributed by atoms with Crippen molar-refractivity contribution in [2.75, 3.05) is 26.2 Å². The summed E-state index contributed by atoms with van der Waals surface area (Å²) in [4.78, 5) is 29.0. The van der Waals surface area contributed by atoms with Crippen LogP contribution in [0.5, 0.6) is 0 Å². The predicted octanol–water partition coefficient (Wildman–Crippen LogP) is 2.69. The maximum atomic E-state index is 12.9. The van der Waals surface area contributed by atoms with Crippen LogP contribution in [0, 0.1) is 0 Å². The van der Waals surface area contributed by atoms with Crippen molar-refractivity contribution in [3.63, 3.8) is 0 Å². The van der Waals surface area contributed by atoms with Crippen LogP contribution in [-0.4, -0.2) is 60.0 Å². The van der Waals surface area contributed by atoms with E-state index in [9.17, 15) is 9.59 Å². The molecule has 2 heterocycles. The van der Waals surface area contributed by atoms with E-state index < -0.39 is 0 Å². The molecule has 1 aromatic heterocycles. The average Bonchev–Trinajstić information content (AvgIpc) is 3.28. The molecule has 138 valence electrons. The minimum absolute atomic E-state index is 0.0303. The molecular weight excluding hydrogens is 320 g/mol. The maximum absolute atomic E-state index is 12.9. The number of ether oxygens (including phenoxy) is 1. The second-order valence-corrected chi connectivity index (χ2v) is 6.92. The molecule has 0 radical (unpaired) electrons. The first kappa shape index (κ1) is 18.0. The maximum Gasteiger partial charge on any atom is 0.257 e. The Morgan fingerprint density at radius 2 is 1.88 bits per heavy atom. The van der Waals surface area contributed by atoms with E-state index in [0.29, 0.717) is 38.2 Å². The number of hydrogen-bond acceptors (Lipinski definition) is 4. The van der Waals surface area contributed by atoms with E-state index in [1.807, 2.05) is 11.8 Å². The number of carbonyl (C=O) groups is 2. The Kier molecular flexibility index (Phi) is 6.13. The molecule has 6 nitrogen and oxygen atoms in total. The smallest absolute Gasteiger partial charge is 0.257 e. The zero-order chi connectivity index (χ0) is 17.6. The van der Waals surface area contributed by atoms with Crippen molar-refractivity contribution in [1.82, 2.24) is 9.80 Å². The summed E-state index contributed by atoms with van der Waals surface area (Å²) in [7, 11) is 0. The van der Waals surface area contributed by atoms with Gasteiger partial charge in [0.1, 0.15) is 12.4 Å². The van der Waals surface area contributed by atoms with E-state index in [1.54, 1.807) is 11.0 Å². The van der Waals surface area contributed by atoms with Gasteiger partial charge in [0, 0.05) is 26.2 Å². The Balaban J connectivity index is 1.55. The second kappa shape index (κ2) is 8.52. The van der Waals surface area contributed by atoms with E-state index in [-0.39, 0.29) is 24.0 Å². The molecule has 0 aromatic carbocycles. The van der Waals surface area contributed by atoms with Crippen molar-refractivity contribution >= 4 is 11.8 Å². The molecule has 0 bridgehead atoms. The zero-order valence-corrected chi connectivity index (χ0v) is 15.0. The number of amides is 2. The molecule has 2 fully saturated rings. The van der Waals surface area contributed by atoms with Crippen LogP contribution in [-0.2, 0) is 9.53 Å². The van der Waals surface area contributed by atoms with E-state index in [4.69, 9.17) is 9.15 Å². The number of furan rings is 1. The van der Waals surface area contributed by atoms with Gasteiger partial charge in [-0.05, 0) is 31.7 Å². The van der Waals surface area contributed by atoms with E-state index in [2.05, 4.69) is 0 Å². The molecule has 2 aliphatic rings. The van der Waals surface area contributed by atoms with Gasteiger partial charge in [-0.3, -0.25) is 9.59 Å². The van der Waals surface area contributed by atoms with Gasteiger partial charge in [0.05, 0.1) is 17.9 Å². The third-order valence-corrected chi connectivity index (χ3v) is 5.17. The molecule has 25 heavy (non-hydrogen) atoms. The van der Waals surface area contributed by atoms with Crippen molar-refractivity contribution in [2.45, 2.75) is 57.7 Å². The average molecular weight is 348 g/mol. The number of carbonyl (C=O) groups excluding carboxylic acids is 2. The first-order valence-electron chi connectivity index (χ1n) is 9.44. The van der Waals surface area contributed by atoms with Crippen molar-refractivity contribution in [1.29, 1.82) is 0 Å². The Labute approximate surface area is 149 Å². The van der Waals surface area contributed by atoms with Crippen molar-refractivity contribution < 1.29 is 18.7 Å². The highest BCUT2D eigenvalue weighted by Crippen LogP contribution is 2.23. The predicted molar refractivity (Wildman–Crippen MR) is 93.2 cm³/mol. The highest BCUT2D eigenvalue weighted by atomic mass is 16.5. The molecule has 1 aliphatic carbocycles. The van der Waals surface area contributed by atoms with Crippen molar-refractivity contribution in [3.05, 3.63) is 24.2 Å². The lowest BCUT2D eigenvalue weighted by atomic mass is 10.2. The summed E-state index contributed by atoms with van der Waals surface area (Å²) < 4.78 is 11.1. The lowest BCUT2D eigenvalue weighted by molar-refractivity contribution is -0.147. The number of rotatable bonds is 5. The molecule has 3 rings (SSSR count). The highest BCUT2D eigenvalue weighted by Gasteiger charge is 2.30. The van der Waals surface area contributed by atoms with Gasteiger partial charge in [-0.15, -0.1) is 0 Å². The molecule has 1 saturated heterocycles. The molecule has 1 saturated carbocycles. The first-order chi connectivity index (χ1) is 12.2. The molecule has 1 aliphatic heterocycles. The molecule has 2 amide bonds. The monoisotopic (exact) mass is 348 g/mol. The van der Waals surface area contributed by atoms with E-state index in [1.165, 1.54) is 25.4 Å². The molecule has 0 N–H and O–H groups in total. The van der Waals surface area contributed by atoms with Gasteiger partial charge < -0.3 is 19.0 Å². The highest BCUT2D eigenvalue weighted by molar-refractivity contribution is 5.93. The zero-order valence-electron chi connectivity index (χ0n) is 15.0. The van der Waals surface area contributed by atoms with Crippen LogP contribution in [0.25, 0.3) is 0 Å². The summed E-state index contributed by atoms with van der Waals surface area (Å²) >= 11 is 0. The third-order valence-electron chi connectivity index (χ3n) is 5.17. The quantitative estimate of drug-likeness (QED) is 0.821. The molecule has 6 heteroatoms. The van der Waals surface area contributed by atoms with Crippen LogP contribution in [0.4, 0.5) is 0 Å². The fourth-order valence-corrected chi connectivity index (χ4v) is 3.70. The molecule has 0 spiro atoms. The summed E-state index contributed by atoms with van der Waals surface area (Å²) in [5, 5.41) is 0.